The van der Waals surface area contributed by atoms with Crippen molar-refractivity contribution in [2.24, 2.45) is 49.9 Å². The van der Waals surface area contributed by atoms with Crippen LogP contribution in [0.5, 0.6) is 0 Å². The number of benzene rings is 3. The minimum absolute atomic E-state index is 0.00926. The Morgan fingerprint density at radius 1 is 0.607 bits per heavy atom. The Bertz CT molecular complexity index is 2270. The number of halogens is 7. The lowest BCUT2D eigenvalue weighted by molar-refractivity contribution is -0.385. The molecule has 3 aliphatic carbocycles. The van der Waals surface area contributed by atoms with E-state index in [1.807, 2.05) is 0 Å². The Hall–Kier alpha value is -6.06. The van der Waals surface area contributed by atoms with E-state index in [0.717, 1.165) is 17.7 Å². The van der Waals surface area contributed by atoms with Gasteiger partial charge in [-0.05, 0) is 73.6 Å². The predicted molar refractivity (Wildman–Crippen MR) is 208 cm³/mol. The molecular weight excluding hydrogens is 844 g/mol. The first kappa shape index (κ1) is 43.0. The summed E-state index contributed by atoms with van der Waals surface area (Å²) in [7, 11) is 0. The Morgan fingerprint density at radius 3 is 1.34 bits per heavy atom. The third kappa shape index (κ3) is 7.43. The molecule has 0 amide bonds. The lowest BCUT2D eigenvalue weighted by atomic mass is 9.82. The molecule has 8 N–H and O–H groups in total. The average Bonchev–Trinajstić information content (AvgIpc) is 4.07. The fourth-order valence-corrected chi connectivity index (χ4v) is 8.83. The van der Waals surface area contributed by atoms with Crippen LogP contribution in [-0.2, 0) is 30.8 Å². The molecule has 23 heteroatoms. The molecule has 0 radical (unpaired) electrons. The van der Waals surface area contributed by atoms with Crippen LogP contribution >= 0.6 is 11.6 Å². The molecule has 326 valence electrons. The number of nitrogens with two attached hydrogens (primary N) is 4. The van der Waals surface area contributed by atoms with Crippen LogP contribution in [0.1, 0.15) is 47.1 Å². The van der Waals surface area contributed by atoms with E-state index < -0.39 is 69.8 Å². The molecular formula is C38H38ClF6N9O7. The van der Waals surface area contributed by atoms with E-state index in [9.17, 15) is 46.6 Å². The van der Waals surface area contributed by atoms with Gasteiger partial charge in [0.15, 0.2) is 16.6 Å². The number of nitrogens with zero attached hydrogens (tertiary/aromatic N) is 5. The van der Waals surface area contributed by atoms with E-state index in [-0.39, 0.29) is 57.6 Å². The third-order valence-corrected chi connectivity index (χ3v) is 12.1. The zero-order valence-corrected chi connectivity index (χ0v) is 32.8. The molecule has 9 atom stereocenters. The molecule has 16 nitrogen and oxygen atoms in total. The Labute approximate surface area is 347 Å². The van der Waals surface area contributed by atoms with Crippen molar-refractivity contribution in [2.45, 2.75) is 87.3 Å². The van der Waals surface area contributed by atoms with Crippen LogP contribution < -0.4 is 22.9 Å². The number of nitrogen functional groups attached to an aromatic ring is 1. The largest absolute Gasteiger partial charge is 0.462 e. The maximum atomic E-state index is 13.8. The summed E-state index contributed by atoms with van der Waals surface area (Å²) in [5.74, 6) is -1.44. The van der Waals surface area contributed by atoms with Gasteiger partial charge in [0.1, 0.15) is 18.3 Å². The number of hydrogen-bond acceptors (Lipinski definition) is 14. The molecule has 3 aromatic rings. The lowest BCUT2D eigenvalue weighted by Crippen LogP contribution is -2.43. The van der Waals surface area contributed by atoms with Crippen LogP contribution in [0.15, 0.2) is 69.6 Å². The van der Waals surface area contributed by atoms with Crippen molar-refractivity contribution in [2.75, 3.05) is 5.73 Å². The number of fused-ring (bicyclic) bond motifs is 3. The molecule has 9 rings (SSSR count). The van der Waals surface area contributed by atoms with E-state index in [1.165, 1.54) is 24.3 Å². The van der Waals surface area contributed by atoms with Gasteiger partial charge >= 0.3 is 0 Å². The number of alkyl halides is 6. The Morgan fingerprint density at radius 2 is 0.951 bits per heavy atom. The smallest absolute Gasteiger partial charge is 0.283 e. The van der Waals surface area contributed by atoms with Gasteiger partial charge < -0.3 is 37.1 Å². The third-order valence-electron chi connectivity index (χ3n) is 11.7. The van der Waals surface area contributed by atoms with Crippen molar-refractivity contribution >= 4 is 46.7 Å². The van der Waals surface area contributed by atoms with Crippen LogP contribution in [0, 0.1) is 51.8 Å². The highest BCUT2D eigenvalue weighted by atomic mass is 35.5. The van der Waals surface area contributed by atoms with E-state index >= 15 is 0 Å². The number of rotatable bonds is 8. The van der Waals surface area contributed by atoms with Crippen molar-refractivity contribution < 1.29 is 50.4 Å². The Balaban J connectivity index is 0.000000138. The first-order valence-corrected chi connectivity index (χ1v) is 19.0. The number of hydrogen-bond donors (Lipinski definition) is 4. The normalized spacial score (nSPS) is 31.0. The number of nitro benzene ring substituents is 2. The molecule has 0 bridgehead atoms. The van der Waals surface area contributed by atoms with Crippen molar-refractivity contribution in [1.82, 2.24) is 0 Å². The van der Waals surface area contributed by atoms with Crippen LogP contribution in [0.25, 0.3) is 0 Å². The second kappa shape index (κ2) is 15.4. The quantitative estimate of drug-likeness (QED) is 0.0844. The number of aryl methyl sites for hydroxylation is 2. The van der Waals surface area contributed by atoms with Crippen molar-refractivity contribution in [3.8, 4) is 0 Å². The molecule has 6 aliphatic rings. The van der Waals surface area contributed by atoms with Gasteiger partial charge in [-0.25, -0.2) is 41.3 Å². The molecule has 3 aliphatic heterocycles. The number of ether oxygens (including phenoxy) is 3. The highest BCUT2D eigenvalue weighted by Crippen LogP contribution is 2.59. The molecule has 3 heterocycles. The van der Waals surface area contributed by atoms with Crippen LogP contribution in [0.3, 0.4) is 0 Å². The SMILES string of the molecule is Cc1ccc(N)cc1[C@@]1(C(F)F)N=C(N)O[C@@H]2C[C@@H]21.Cc1ccc([N+](=O)[O-])cc1[C@@]1(C(F)F)N=C(N)O[C@@H]2C[C@@H]21.NC1=N[C@@](c2cc([N+](=O)[O-])ccc2Cl)(C(F)F)[C@H]2C[C@H]2O1. The Kier molecular flexibility index (Phi) is 10.9. The fourth-order valence-electron chi connectivity index (χ4n) is 8.56. The molecule has 0 aromatic heterocycles. The van der Waals surface area contributed by atoms with Gasteiger partial charge in [-0.1, -0.05) is 23.7 Å². The number of amidine groups is 3. The van der Waals surface area contributed by atoms with Gasteiger partial charge in [-0.3, -0.25) is 20.2 Å². The number of anilines is 1. The summed E-state index contributed by atoms with van der Waals surface area (Å²) >= 11 is 5.99. The molecule has 3 fully saturated rings. The second-order valence-electron chi connectivity index (χ2n) is 15.5. The molecule has 0 unspecified atom stereocenters. The van der Waals surface area contributed by atoms with Crippen molar-refractivity contribution in [3.63, 3.8) is 0 Å². The highest BCUT2D eigenvalue weighted by Gasteiger charge is 2.66. The summed E-state index contributed by atoms with van der Waals surface area (Å²) in [6.07, 6.45) is -8.17. The van der Waals surface area contributed by atoms with Crippen LogP contribution in [0.2, 0.25) is 5.02 Å². The van der Waals surface area contributed by atoms with Gasteiger partial charge in [0.25, 0.3) is 48.7 Å². The zero-order valence-electron chi connectivity index (χ0n) is 32.1. The van der Waals surface area contributed by atoms with Gasteiger partial charge in [-0.2, -0.15) is 0 Å². The maximum Gasteiger partial charge on any atom is 0.283 e. The number of non-ortho nitro benzene ring substituents is 2. The van der Waals surface area contributed by atoms with E-state index in [0.29, 0.717) is 36.1 Å². The fraction of sp³-hybridized carbons (Fsp3) is 0.447. The van der Waals surface area contributed by atoms with Gasteiger partial charge in [0.2, 0.25) is 0 Å². The van der Waals surface area contributed by atoms with E-state index in [4.69, 9.17) is 48.7 Å². The highest BCUT2D eigenvalue weighted by molar-refractivity contribution is 6.31. The lowest BCUT2D eigenvalue weighted by Gasteiger charge is -2.34. The van der Waals surface area contributed by atoms with E-state index in [1.54, 1.807) is 32.0 Å². The summed E-state index contributed by atoms with van der Waals surface area (Å²) in [5.41, 5.74) is 18.4. The van der Waals surface area contributed by atoms with Gasteiger partial charge in [0, 0.05) is 58.3 Å². The summed E-state index contributed by atoms with van der Waals surface area (Å²) in [6, 6.07) is 11.5. The maximum absolute atomic E-state index is 13.8. The molecule has 3 saturated carbocycles. The summed E-state index contributed by atoms with van der Waals surface area (Å²) in [4.78, 5) is 32.1. The topological polar surface area (TPSA) is 255 Å². The van der Waals surface area contributed by atoms with Crippen LogP contribution in [0.4, 0.5) is 43.4 Å². The standard InChI is InChI=1S/C13H13F2N3O3.C13H15F2N3O.C12H10ClF2N3O3/c1-6-2-3-7(18(19)20)4-8(6)13(11(14)15)9-5-10(9)21-12(16)17-13;1-6-2-3-7(16)4-8(6)13(11(14)15)9-5-10(9)19-12(17)18-13;13-8-2-1-5(18(19)20)3-6(8)12(10(14)15)7-4-9(7)21-11(16)17-12/h2-4,9-11H,5H2,1H3,(H2,16,17);2-4,9-11H,5,16H2,1H3,(H2,17,18);1-3,7,9-10H,4H2,(H2,16,17)/t2*9-,10+,13+;7-,9+,12+/m000/s1. The van der Waals surface area contributed by atoms with Gasteiger partial charge in [-0.15, -0.1) is 0 Å². The summed E-state index contributed by atoms with van der Waals surface area (Å²) < 4.78 is 98.3. The summed E-state index contributed by atoms with van der Waals surface area (Å²) in [5, 5.41) is 21.8. The van der Waals surface area contributed by atoms with Gasteiger partial charge in [0.05, 0.1) is 9.85 Å². The zero-order chi connectivity index (χ0) is 44.5. The van der Waals surface area contributed by atoms with Crippen LogP contribution in [-0.4, -0.2) is 65.5 Å². The minimum Gasteiger partial charge on any atom is -0.462 e. The predicted octanol–water partition coefficient (Wildman–Crippen LogP) is 6.31. The van der Waals surface area contributed by atoms with Crippen molar-refractivity contribution in [3.05, 3.63) is 108 Å². The first-order chi connectivity index (χ1) is 28.7. The molecule has 3 aromatic carbocycles. The summed E-state index contributed by atoms with van der Waals surface area (Å²) in [6.45, 7) is 3.40. The second-order valence-corrected chi connectivity index (χ2v) is 15.9. The molecule has 0 spiro atoms. The monoisotopic (exact) mass is 881 g/mol. The van der Waals surface area contributed by atoms with E-state index in [2.05, 4.69) is 15.0 Å². The van der Waals surface area contributed by atoms with Crippen molar-refractivity contribution in [1.29, 1.82) is 0 Å². The molecule has 0 saturated heterocycles. The first-order valence-electron chi connectivity index (χ1n) is 18.6. The number of aliphatic imine (C=N–C) groups is 3. The molecule has 61 heavy (non-hydrogen) atoms. The minimum atomic E-state index is -2.91. The average molecular weight is 882 g/mol. The number of nitro groups is 2.